The molecule has 1 aliphatic heterocycles. The van der Waals surface area contributed by atoms with Crippen molar-refractivity contribution < 1.29 is 14.6 Å². The average molecular weight is 321 g/mol. The largest absolute Gasteiger partial charge is 0.496 e. The van der Waals surface area contributed by atoms with E-state index in [-0.39, 0.29) is 24.2 Å². The van der Waals surface area contributed by atoms with Crippen molar-refractivity contribution in [1.82, 2.24) is 10.6 Å². The van der Waals surface area contributed by atoms with Crippen LogP contribution >= 0.6 is 24.0 Å². The monoisotopic (exact) mass is 320 g/mol. The van der Waals surface area contributed by atoms with Gasteiger partial charge in [-0.2, -0.15) is 0 Å². The summed E-state index contributed by atoms with van der Waals surface area (Å²) in [5.41, 5.74) is 0.437. The number of carbonyl (C=O) groups excluding carboxylic acids is 1. The lowest BCUT2D eigenvalue weighted by atomic mass is 10.1. The maximum atomic E-state index is 12.1. The summed E-state index contributed by atoms with van der Waals surface area (Å²) in [4.78, 5) is 12.1. The van der Waals surface area contributed by atoms with Gasteiger partial charge in [-0.05, 0) is 18.2 Å². The fraction of sp³-hybridized carbons (Fsp3) is 0.462. The standard InChI is InChI=1S/C13H17ClN2O3.ClH/c1-19-12-4-9(14)2-3-10(12)13(18)16-6-8-5-15-7-11(8)17;/h2-4,8,11,15,17H,5-7H2,1H3,(H,16,18);1H. The van der Waals surface area contributed by atoms with Gasteiger partial charge in [0.05, 0.1) is 18.8 Å². The van der Waals surface area contributed by atoms with E-state index in [2.05, 4.69) is 10.6 Å². The van der Waals surface area contributed by atoms with Crippen LogP contribution in [0.25, 0.3) is 0 Å². The molecule has 0 radical (unpaired) electrons. The third-order valence-corrected chi connectivity index (χ3v) is 3.47. The number of nitrogens with one attached hydrogen (secondary N) is 2. The molecule has 0 aliphatic carbocycles. The van der Waals surface area contributed by atoms with E-state index in [4.69, 9.17) is 16.3 Å². The first-order valence-electron chi connectivity index (χ1n) is 6.12. The zero-order valence-corrected chi connectivity index (χ0v) is 12.6. The number of hydrogen-bond acceptors (Lipinski definition) is 4. The Hall–Kier alpha value is -1.01. The van der Waals surface area contributed by atoms with Crippen molar-refractivity contribution >= 4 is 29.9 Å². The Morgan fingerprint density at radius 1 is 1.55 bits per heavy atom. The SMILES string of the molecule is COc1cc(Cl)ccc1C(=O)NCC1CNCC1O.Cl. The number of halogens is 2. The third-order valence-electron chi connectivity index (χ3n) is 3.24. The summed E-state index contributed by atoms with van der Waals surface area (Å²) < 4.78 is 5.13. The Kier molecular flexibility index (Phi) is 6.55. The summed E-state index contributed by atoms with van der Waals surface area (Å²) in [6.45, 7) is 1.71. The van der Waals surface area contributed by atoms with E-state index in [1.165, 1.54) is 7.11 Å². The summed E-state index contributed by atoms with van der Waals surface area (Å²) in [7, 11) is 1.49. The predicted octanol–water partition coefficient (Wildman–Crippen LogP) is 1.08. The quantitative estimate of drug-likeness (QED) is 0.776. The fourth-order valence-corrected chi connectivity index (χ4v) is 2.26. The highest BCUT2D eigenvalue weighted by Gasteiger charge is 2.25. The Balaban J connectivity index is 0.00000200. The summed E-state index contributed by atoms with van der Waals surface area (Å²) in [5, 5.41) is 16.0. The maximum Gasteiger partial charge on any atom is 0.255 e. The first-order valence-corrected chi connectivity index (χ1v) is 6.50. The van der Waals surface area contributed by atoms with E-state index in [9.17, 15) is 9.90 Å². The Bertz CT molecular complexity index is 471. The van der Waals surface area contributed by atoms with Gasteiger partial charge in [0.2, 0.25) is 0 Å². The van der Waals surface area contributed by atoms with Gasteiger partial charge in [-0.25, -0.2) is 0 Å². The summed E-state index contributed by atoms with van der Waals surface area (Å²) in [6.07, 6.45) is -0.410. The maximum absolute atomic E-state index is 12.1. The highest BCUT2D eigenvalue weighted by molar-refractivity contribution is 6.30. The highest BCUT2D eigenvalue weighted by Crippen LogP contribution is 2.23. The van der Waals surface area contributed by atoms with E-state index < -0.39 is 6.10 Å². The third kappa shape index (κ3) is 3.99. The number of methoxy groups -OCH3 is 1. The second-order valence-corrected chi connectivity index (χ2v) is 4.98. The topological polar surface area (TPSA) is 70.6 Å². The molecular weight excluding hydrogens is 303 g/mol. The van der Waals surface area contributed by atoms with Crippen LogP contribution in [0.2, 0.25) is 5.02 Å². The van der Waals surface area contributed by atoms with Gasteiger partial charge in [0.15, 0.2) is 0 Å². The normalized spacial score (nSPS) is 21.1. The molecule has 112 valence electrons. The van der Waals surface area contributed by atoms with Crippen molar-refractivity contribution in [2.75, 3.05) is 26.7 Å². The van der Waals surface area contributed by atoms with E-state index in [0.29, 0.717) is 36.0 Å². The first-order chi connectivity index (χ1) is 9.11. The number of β-amino-alcohol motifs (C(OH)–C–C–N with tert-alkyl or cyclic N) is 1. The van der Waals surface area contributed by atoms with E-state index >= 15 is 0 Å². The van der Waals surface area contributed by atoms with Gasteiger partial charge in [0, 0.05) is 30.6 Å². The van der Waals surface area contributed by atoms with Gasteiger partial charge >= 0.3 is 0 Å². The molecule has 1 saturated heterocycles. The smallest absolute Gasteiger partial charge is 0.255 e. The number of aliphatic hydroxyl groups is 1. The molecule has 0 aromatic heterocycles. The summed E-state index contributed by atoms with van der Waals surface area (Å²) in [5.74, 6) is 0.255. The van der Waals surface area contributed by atoms with Crippen molar-refractivity contribution in [2.45, 2.75) is 6.10 Å². The van der Waals surface area contributed by atoms with Crippen LogP contribution in [0.4, 0.5) is 0 Å². The molecule has 0 saturated carbocycles. The van der Waals surface area contributed by atoms with Crippen molar-refractivity contribution in [3.8, 4) is 5.75 Å². The van der Waals surface area contributed by atoms with Crippen LogP contribution in [0.1, 0.15) is 10.4 Å². The predicted molar refractivity (Wildman–Crippen MR) is 80.0 cm³/mol. The second kappa shape index (κ2) is 7.69. The second-order valence-electron chi connectivity index (χ2n) is 4.54. The minimum atomic E-state index is -0.410. The van der Waals surface area contributed by atoms with Crippen molar-refractivity contribution in [3.05, 3.63) is 28.8 Å². The van der Waals surface area contributed by atoms with E-state index in [0.717, 1.165) is 0 Å². The average Bonchev–Trinajstić information content (AvgIpc) is 2.81. The lowest BCUT2D eigenvalue weighted by molar-refractivity contribution is 0.0924. The Morgan fingerprint density at radius 3 is 2.90 bits per heavy atom. The molecule has 5 nitrogen and oxygen atoms in total. The number of benzene rings is 1. The number of ether oxygens (including phenoxy) is 1. The van der Waals surface area contributed by atoms with Crippen LogP contribution in [-0.2, 0) is 0 Å². The van der Waals surface area contributed by atoms with Crippen LogP contribution < -0.4 is 15.4 Å². The molecule has 0 bridgehead atoms. The molecule has 1 aromatic carbocycles. The zero-order valence-electron chi connectivity index (χ0n) is 11.1. The molecule has 1 heterocycles. The fourth-order valence-electron chi connectivity index (χ4n) is 2.10. The molecule has 2 rings (SSSR count). The van der Waals surface area contributed by atoms with Crippen molar-refractivity contribution in [1.29, 1.82) is 0 Å². The van der Waals surface area contributed by atoms with Gasteiger partial charge in [0.25, 0.3) is 5.91 Å². The Labute approximate surface area is 129 Å². The lowest BCUT2D eigenvalue weighted by Crippen LogP contribution is -2.34. The molecule has 1 aliphatic rings. The van der Waals surface area contributed by atoms with Crippen LogP contribution in [0.5, 0.6) is 5.75 Å². The van der Waals surface area contributed by atoms with Gasteiger partial charge in [-0.15, -0.1) is 12.4 Å². The summed E-state index contributed by atoms with van der Waals surface area (Å²) in [6, 6.07) is 4.87. The molecule has 1 fully saturated rings. The van der Waals surface area contributed by atoms with Crippen LogP contribution in [-0.4, -0.2) is 43.9 Å². The molecule has 20 heavy (non-hydrogen) atoms. The van der Waals surface area contributed by atoms with Gasteiger partial charge in [0.1, 0.15) is 5.75 Å². The zero-order chi connectivity index (χ0) is 13.8. The molecule has 3 N–H and O–H groups in total. The van der Waals surface area contributed by atoms with Gasteiger partial charge in [-0.3, -0.25) is 4.79 Å². The van der Waals surface area contributed by atoms with Crippen LogP contribution in [0.15, 0.2) is 18.2 Å². The summed E-state index contributed by atoms with van der Waals surface area (Å²) >= 11 is 5.85. The first kappa shape index (κ1) is 17.0. The van der Waals surface area contributed by atoms with Gasteiger partial charge < -0.3 is 20.5 Å². The molecular formula is C13H18Cl2N2O3. The van der Waals surface area contributed by atoms with Gasteiger partial charge in [-0.1, -0.05) is 11.6 Å². The minimum absolute atomic E-state index is 0. The number of aliphatic hydroxyl groups excluding tert-OH is 1. The lowest BCUT2D eigenvalue weighted by Gasteiger charge is -2.15. The van der Waals surface area contributed by atoms with Crippen molar-refractivity contribution in [2.24, 2.45) is 5.92 Å². The highest BCUT2D eigenvalue weighted by atomic mass is 35.5. The van der Waals surface area contributed by atoms with E-state index in [1.54, 1.807) is 18.2 Å². The number of carbonyl (C=O) groups is 1. The van der Waals surface area contributed by atoms with E-state index in [1.807, 2.05) is 0 Å². The minimum Gasteiger partial charge on any atom is -0.496 e. The molecule has 2 atom stereocenters. The molecule has 1 aromatic rings. The van der Waals surface area contributed by atoms with Crippen molar-refractivity contribution in [3.63, 3.8) is 0 Å². The molecule has 7 heteroatoms. The van der Waals surface area contributed by atoms with Crippen LogP contribution in [0, 0.1) is 5.92 Å². The molecule has 2 unspecified atom stereocenters. The number of hydrogen-bond donors (Lipinski definition) is 3. The molecule has 0 spiro atoms. The molecule has 1 amide bonds. The number of amides is 1. The number of rotatable bonds is 4. The Morgan fingerprint density at radius 2 is 2.30 bits per heavy atom. The van der Waals surface area contributed by atoms with Crippen LogP contribution in [0.3, 0.4) is 0 Å².